The van der Waals surface area contributed by atoms with Crippen LogP contribution in [-0.2, 0) is 10.2 Å². The largest absolute Gasteiger partial charge is 0.390 e. The molecule has 7 nitrogen and oxygen atoms in total. The van der Waals surface area contributed by atoms with Gasteiger partial charge in [0.1, 0.15) is 18.4 Å². The van der Waals surface area contributed by atoms with Crippen LogP contribution in [-0.4, -0.2) is 38.1 Å². The molecule has 0 bridgehead atoms. The van der Waals surface area contributed by atoms with E-state index in [0.717, 1.165) is 16.7 Å². The van der Waals surface area contributed by atoms with Gasteiger partial charge < -0.3 is 14.9 Å². The van der Waals surface area contributed by atoms with E-state index in [0.29, 0.717) is 0 Å². The fourth-order valence-corrected chi connectivity index (χ4v) is 5.49. The van der Waals surface area contributed by atoms with Gasteiger partial charge in [-0.3, -0.25) is 14.3 Å². The van der Waals surface area contributed by atoms with Crippen molar-refractivity contribution in [2.45, 2.75) is 36.4 Å². The summed E-state index contributed by atoms with van der Waals surface area (Å²) in [6.45, 7) is 0. The Kier molecular flexibility index (Phi) is 6.77. The highest BCUT2D eigenvalue weighted by atomic mass is 79.9. The lowest BCUT2D eigenvalue weighted by molar-refractivity contribution is -0.0976. The van der Waals surface area contributed by atoms with Gasteiger partial charge >= 0.3 is 5.69 Å². The minimum absolute atomic E-state index is 0.0641. The first-order valence-electron chi connectivity index (χ1n) is 11.6. The first-order chi connectivity index (χ1) is 17.4. The lowest BCUT2D eigenvalue weighted by Gasteiger charge is -2.42. The first-order valence-corrected chi connectivity index (χ1v) is 12.4. The van der Waals surface area contributed by atoms with Crippen LogP contribution in [0.4, 0.5) is 0 Å². The van der Waals surface area contributed by atoms with Gasteiger partial charge in [0, 0.05) is 12.6 Å². The third kappa shape index (κ3) is 4.16. The Bertz CT molecular complexity index is 1340. The number of aromatic amines is 1. The van der Waals surface area contributed by atoms with Crippen molar-refractivity contribution in [1.29, 1.82) is 0 Å². The van der Waals surface area contributed by atoms with Crippen LogP contribution in [0.3, 0.4) is 0 Å². The van der Waals surface area contributed by atoms with Crippen molar-refractivity contribution in [1.82, 2.24) is 9.55 Å². The molecule has 184 valence electrons. The molecule has 0 radical (unpaired) electrons. The van der Waals surface area contributed by atoms with Crippen LogP contribution in [0.1, 0.15) is 29.3 Å². The van der Waals surface area contributed by atoms with E-state index in [4.69, 9.17) is 4.74 Å². The average Bonchev–Trinajstić information content (AvgIpc) is 3.29. The number of aromatic nitrogens is 2. The van der Waals surface area contributed by atoms with Crippen molar-refractivity contribution >= 4 is 15.9 Å². The quantitative estimate of drug-likeness (QED) is 0.320. The van der Waals surface area contributed by atoms with Gasteiger partial charge in [-0.05, 0) is 32.6 Å². The summed E-state index contributed by atoms with van der Waals surface area (Å²) in [5.74, 6) is 0. The highest BCUT2D eigenvalue weighted by molar-refractivity contribution is 9.10. The number of nitrogens with one attached hydrogen (secondary N) is 1. The SMILES string of the molecule is O=c1[nH]c(=O)n([C@H]2C[C@H](O)[C@@H](C(O)C(c3ccccc3)(c3ccccc3)c3ccccc3)O2)cc1Br. The molecule has 5 rings (SSSR count). The van der Waals surface area contributed by atoms with Crippen LogP contribution in [0, 0.1) is 0 Å². The van der Waals surface area contributed by atoms with Gasteiger partial charge in [0.2, 0.25) is 0 Å². The van der Waals surface area contributed by atoms with E-state index in [1.54, 1.807) is 0 Å². The van der Waals surface area contributed by atoms with E-state index in [1.165, 1.54) is 10.8 Å². The van der Waals surface area contributed by atoms with Gasteiger partial charge in [0.05, 0.1) is 16.0 Å². The minimum atomic E-state index is -1.23. The number of hydrogen-bond acceptors (Lipinski definition) is 5. The third-order valence-electron chi connectivity index (χ3n) is 6.81. The Balaban J connectivity index is 1.66. The van der Waals surface area contributed by atoms with Crippen LogP contribution < -0.4 is 11.2 Å². The van der Waals surface area contributed by atoms with Crippen molar-refractivity contribution in [2.75, 3.05) is 0 Å². The van der Waals surface area contributed by atoms with Crippen molar-refractivity contribution in [3.05, 3.63) is 139 Å². The molecule has 1 aromatic heterocycles. The molecule has 3 aromatic carbocycles. The molecule has 0 aliphatic carbocycles. The fraction of sp³-hybridized carbons (Fsp3) is 0.214. The summed E-state index contributed by atoms with van der Waals surface area (Å²) in [5, 5.41) is 23.3. The molecule has 36 heavy (non-hydrogen) atoms. The summed E-state index contributed by atoms with van der Waals surface area (Å²) >= 11 is 3.14. The lowest BCUT2D eigenvalue weighted by atomic mass is 9.64. The van der Waals surface area contributed by atoms with Gasteiger partial charge in [-0.1, -0.05) is 91.0 Å². The maximum atomic E-state index is 12.5. The summed E-state index contributed by atoms with van der Waals surface area (Å²) in [6, 6.07) is 28.9. The number of H-pyrrole nitrogens is 1. The van der Waals surface area contributed by atoms with Gasteiger partial charge in [0.25, 0.3) is 5.56 Å². The molecular formula is C28H25BrN2O5. The summed E-state index contributed by atoms with van der Waals surface area (Å²) in [6.07, 6.45) is -2.81. The smallest absolute Gasteiger partial charge is 0.330 e. The Hall–Kier alpha value is -3.30. The van der Waals surface area contributed by atoms with Crippen molar-refractivity contribution < 1.29 is 14.9 Å². The molecule has 3 N–H and O–H groups in total. The Labute approximate surface area is 215 Å². The molecule has 8 heteroatoms. The van der Waals surface area contributed by atoms with E-state index >= 15 is 0 Å². The molecule has 1 fully saturated rings. The molecule has 1 unspecified atom stereocenters. The molecule has 1 aliphatic heterocycles. The van der Waals surface area contributed by atoms with Gasteiger partial charge in [-0.2, -0.15) is 0 Å². The second kappa shape index (κ2) is 9.99. The predicted molar refractivity (Wildman–Crippen MR) is 139 cm³/mol. The maximum absolute atomic E-state index is 12.5. The van der Waals surface area contributed by atoms with Crippen molar-refractivity contribution in [3.8, 4) is 0 Å². The zero-order valence-corrected chi connectivity index (χ0v) is 20.8. The average molecular weight is 549 g/mol. The molecule has 0 saturated carbocycles. The summed E-state index contributed by atoms with van der Waals surface area (Å²) in [5.41, 5.74) is 0.203. The third-order valence-corrected chi connectivity index (χ3v) is 7.38. The molecule has 4 atom stereocenters. The normalized spacial score (nSPS) is 20.8. The van der Waals surface area contributed by atoms with E-state index in [9.17, 15) is 19.8 Å². The number of benzene rings is 3. The van der Waals surface area contributed by atoms with Crippen molar-refractivity contribution in [2.24, 2.45) is 0 Å². The lowest BCUT2D eigenvalue weighted by Crippen LogP contribution is -2.51. The van der Waals surface area contributed by atoms with Gasteiger partial charge in [-0.25, -0.2) is 4.79 Å². The number of rotatable bonds is 6. The van der Waals surface area contributed by atoms with E-state index < -0.39 is 41.2 Å². The Morgan fingerprint density at radius 1 is 0.889 bits per heavy atom. The fourth-order valence-electron chi connectivity index (χ4n) is 5.17. The first kappa shape index (κ1) is 24.4. The highest BCUT2D eigenvalue weighted by Gasteiger charge is 2.52. The predicted octanol–water partition coefficient (Wildman–Crippen LogP) is 3.34. The van der Waals surface area contributed by atoms with Crippen LogP contribution in [0.2, 0.25) is 0 Å². The summed E-state index contributed by atoms with van der Waals surface area (Å²) < 4.78 is 7.57. The molecule has 1 saturated heterocycles. The van der Waals surface area contributed by atoms with Crippen LogP contribution >= 0.6 is 15.9 Å². The van der Waals surface area contributed by atoms with Gasteiger partial charge in [0.15, 0.2) is 0 Å². The molecule has 4 aromatic rings. The molecule has 2 heterocycles. The number of ether oxygens (including phenoxy) is 1. The number of aliphatic hydroxyl groups is 2. The monoisotopic (exact) mass is 548 g/mol. The molecular weight excluding hydrogens is 524 g/mol. The number of nitrogens with zero attached hydrogens (tertiary/aromatic N) is 1. The van der Waals surface area contributed by atoms with E-state index in [1.807, 2.05) is 91.0 Å². The highest BCUT2D eigenvalue weighted by Crippen LogP contribution is 2.46. The number of aliphatic hydroxyl groups excluding tert-OH is 2. The number of hydrogen-bond donors (Lipinski definition) is 3. The second-order valence-corrected chi connectivity index (χ2v) is 9.71. The summed E-state index contributed by atoms with van der Waals surface area (Å²) in [4.78, 5) is 26.5. The topological polar surface area (TPSA) is 105 Å². The van der Waals surface area contributed by atoms with E-state index in [2.05, 4.69) is 20.9 Å². The van der Waals surface area contributed by atoms with E-state index in [-0.39, 0.29) is 10.9 Å². The zero-order valence-electron chi connectivity index (χ0n) is 19.2. The standard InChI is InChI=1S/C28H25BrN2O5/c29-21-17-31(27(35)30-26(21)34)23-16-22(32)24(36-23)25(33)28(18-10-4-1-5-11-18,19-12-6-2-7-13-19)20-14-8-3-9-15-20/h1-15,17,22-25,32-33H,16H2,(H,30,34,35)/t22-,23+,24-,25?/m0/s1. The maximum Gasteiger partial charge on any atom is 0.330 e. The Morgan fingerprint density at radius 2 is 1.36 bits per heavy atom. The Morgan fingerprint density at radius 3 is 1.83 bits per heavy atom. The van der Waals surface area contributed by atoms with Crippen molar-refractivity contribution in [3.63, 3.8) is 0 Å². The molecule has 0 amide bonds. The summed E-state index contributed by atoms with van der Waals surface area (Å²) in [7, 11) is 0. The van der Waals surface area contributed by atoms with Crippen LogP contribution in [0.5, 0.6) is 0 Å². The van der Waals surface area contributed by atoms with Crippen LogP contribution in [0.25, 0.3) is 0 Å². The van der Waals surface area contributed by atoms with Crippen LogP contribution in [0.15, 0.2) is 111 Å². The minimum Gasteiger partial charge on any atom is -0.390 e. The second-order valence-electron chi connectivity index (χ2n) is 8.85. The van der Waals surface area contributed by atoms with Gasteiger partial charge in [-0.15, -0.1) is 0 Å². The number of halogens is 1. The molecule has 0 spiro atoms. The molecule has 1 aliphatic rings. The zero-order chi connectivity index (χ0) is 25.3.